The molecule has 0 saturated carbocycles. The van der Waals surface area contributed by atoms with Crippen molar-refractivity contribution in [3.63, 3.8) is 0 Å². The fourth-order valence-electron chi connectivity index (χ4n) is 3.98. The summed E-state index contributed by atoms with van der Waals surface area (Å²) >= 11 is 0. The summed E-state index contributed by atoms with van der Waals surface area (Å²) in [5.41, 5.74) is 4.13. The average molecular weight is 434 g/mol. The number of pyridine rings is 2. The first-order valence-electron chi connectivity index (χ1n) is 10.4. The summed E-state index contributed by atoms with van der Waals surface area (Å²) in [5, 5.41) is 21.1. The van der Waals surface area contributed by atoms with E-state index in [0.29, 0.717) is 17.1 Å². The maximum Gasteiger partial charge on any atom is 0.320 e. The third kappa shape index (κ3) is 4.92. The Morgan fingerprint density at radius 1 is 1.22 bits per heavy atom. The van der Waals surface area contributed by atoms with Crippen LogP contribution in [0.3, 0.4) is 0 Å². The van der Waals surface area contributed by atoms with Crippen LogP contribution in [0, 0.1) is 12.3 Å². The second kappa shape index (κ2) is 9.15. The molecule has 1 aliphatic rings. The Morgan fingerprint density at radius 2 is 2.06 bits per heavy atom. The van der Waals surface area contributed by atoms with Crippen molar-refractivity contribution >= 4 is 29.4 Å². The van der Waals surface area contributed by atoms with Gasteiger partial charge >= 0.3 is 6.03 Å². The summed E-state index contributed by atoms with van der Waals surface area (Å²) in [4.78, 5) is 23.4. The number of carbonyl (C=O) groups excluding carboxylic acids is 1. The summed E-state index contributed by atoms with van der Waals surface area (Å²) in [5.74, 6) is 0.543. The molecule has 4 heterocycles. The molecular weight excluding hydrogens is 406 g/mol. The highest BCUT2D eigenvalue weighted by molar-refractivity contribution is 5.92. The van der Waals surface area contributed by atoms with E-state index in [2.05, 4.69) is 35.9 Å². The molecule has 0 spiro atoms. The van der Waals surface area contributed by atoms with Crippen molar-refractivity contribution in [1.29, 1.82) is 5.41 Å². The van der Waals surface area contributed by atoms with Crippen molar-refractivity contribution in [2.24, 2.45) is 7.05 Å². The lowest BCUT2D eigenvalue weighted by molar-refractivity contribution is 0.247. The summed E-state index contributed by atoms with van der Waals surface area (Å²) in [6.45, 7) is 3.51. The molecule has 3 aromatic rings. The van der Waals surface area contributed by atoms with Crippen molar-refractivity contribution in [3.8, 4) is 0 Å². The summed E-state index contributed by atoms with van der Waals surface area (Å²) in [6, 6.07) is 5.06. The predicted molar refractivity (Wildman–Crippen MR) is 124 cm³/mol. The molecule has 0 unspecified atom stereocenters. The lowest BCUT2D eigenvalue weighted by Gasteiger charge is -2.19. The van der Waals surface area contributed by atoms with E-state index in [1.807, 2.05) is 45.5 Å². The molecule has 3 aromatic heterocycles. The number of rotatable bonds is 6. The number of hydrogen-bond donors (Lipinski definition) is 4. The van der Waals surface area contributed by atoms with Crippen molar-refractivity contribution in [2.45, 2.75) is 18.9 Å². The molecule has 1 saturated heterocycles. The van der Waals surface area contributed by atoms with Crippen molar-refractivity contribution in [3.05, 3.63) is 59.8 Å². The Bertz CT molecular complexity index is 1130. The first-order chi connectivity index (χ1) is 15.4. The van der Waals surface area contributed by atoms with Crippen LogP contribution in [0.25, 0.3) is 0 Å². The molecule has 4 rings (SSSR count). The van der Waals surface area contributed by atoms with Gasteiger partial charge in [-0.2, -0.15) is 5.10 Å². The number of hydrogen-bond acceptors (Lipinski definition) is 7. The number of amides is 2. The van der Waals surface area contributed by atoms with Crippen molar-refractivity contribution < 1.29 is 4.79 Å². The Kier molecular flexibility index (Phi) is 6.13. The monoisotopic (exact) mass is 433 g/mol. The average Bonchev–Trinajstić information content (AvgIpc) is 3.34. The van der Waals surface area contributed by atoms with Crippen LogP contribution in [-0.4, -0.2) is 63.1 Å². The molecule has 2 amide bonds. The zero-order valence-corrected chi connectivity index (χ0v) is 18.3. The third-order valence-corrected chi connectivity index (χ3v) is 5.48. The number of likely N-dealkylation sites (tertiary alicyclic amines) is 1. The number of urea groups is 1. The zero-order chi connectivity index (χ0) is 22.7. The van der Waals surface area contributed by atoms with Gasteiger partial charge in [-0.3, -0.25) is 15.0 Å². The molecule has 0 aliphatic carbocycles. The van der Waals surface area contributed by atoms with Crippen LogP contribution in [0.15, 0.2) is 43.0 Å². The number of aromatic nitrogens is 4. The van der Waals surface area contributed by atoms with Crippen LogP contribution in [-0.2, 0) is 7.05 Å². The Balaban J connectivity index is 1.43. The quantitative estimate of drug-likeness (QED) is 0.443. The van der Waals surface area contributed by atoms with E-state index >= 15 is 0 Å². The fraction of sp³-hybridized carbons (Fsp3) is 0.318. The Labute approximate surface area is 186 Å². The molecule has 10 nitrogen and oxygen atoms in total. The zero-order valence-electron chi connectivity index (χ0n) is 18.3. The second-order valence-electron chi connectivity index (χ2n) is 8.09. The standard InChI is InChI=1S/C22H27N9O/c1-14-6-17(4-5-24-14)27-19-10-25-21(7-15(19)8-23)29-22(32)28-20-13-30(2)12-18(20)16-9-26-31(3)11-16/h4-11,18,20,23H,12-13H2,1-3H3,(H,24,27)(H2,25,28,29,32)/t18-,20+/m1/s1. The lowest BCUT2D eigenvalue weighted by Crippen LogP contribution is -2.42. The highest BCUT2D eigenvalue weighted by atomic mass is 16.2. The normalized spacial score (nSPS) is 18.3. The number of likely N-dealkylation sites (N-methyl/N-ethyl adjacent to an activating group) is 1. The Hall–Kier alpha value is -3.79. The maximum absolute atomic E-state index is 12.7. The van der Waals surface area contributed by atoms with Crippen LogP contribution in [0.4, 0.5) is 22.0 Å². The number of anilines is 3. The van der Waals surface area contributed by atoms with Gasteiger partial charge < -0.3 is 20.9 Å². The van der Waals surface area contributed by atoms with E-state index < -0.39 is 0 Å². The minimum Gasteiger partial charge on any atom is -0.354 e. The molecular formula is C22H27N9O. The lowest BCUT2D eigenvalue weighted by atomic mass is 9.97. The van der Waals surface area contributed by atoms with Crippen LogP contribution in [0.1, 0.15) is 22.7 Å². The van der Waals surface area contributed by atoms with Crippen LogP contribution in [0.2, 0.25) is 0 Å². The summed E-state index contributed by atoms with van der Waals surface area (Å²) in [7, 11) is 3.93. The van der Waals surface area contributed by atoms with Gasteiger partial charge in [0.25, 0.3) is 0 Å². The van der Waals surface area contributed by atoms with Gasteiger partial charge in [-0.1, -0.05) is 0 Å². The molecule has 32 heavy (non-hydrogen) atoms. The molecule has 10 heteroatoms. The number of carbonyl (C=O) groups is 1. The van der Waals surface area contributed by atoms with Gasteiger partial charge in [-0.05, 0) is 37.7 Å². The van der Waals surface area contributed by atoms with Gasteiger partial charge in [0.1, 0.15) is 5.82 Å². The predicted octanol–water partition coefficient (Wildman–Crippen LogP) is 2.48. The SMILES string of the molecule is Cc1cc(Nc2cnc(NC(=O)N[C@H]3CN(C)C[C@@H]3c3cnn(C)c3)cc2C=N)ccn1. The first kappa shape index (κ1) is 21.4. The van der Waals surface area contributed by atoms with E-state index in [4.69, 9.17) is 5.41 Å². The second-order valence-corrected chi connectivity index (χ2v) is 8.09. The molecule has 0 radical (unpaired) electrons. The van der Waals surface area contributed by atoms with Gasteiger partial charge in [0.05, 0.1) is 24.1 Å². The minimum atomic E-state index is -0.326. The smallest absolute Gasteiger partial charge is 0.320 e. The number of aryl methyl sites for hydroxylation is 2. The van der Waals surface area contributed by atoms with Gasteiger partial charge in [0.2, 0.25) is 0 Å². The van der Waals surface area contributed by atoms with E-state index in [9.17, 15) is 4.79 Å². The van der Waals surface area contributed by atoms with Crippen molar-refractivity contribution in [1.82, 2.24) is 30.0 Å². The molecule has 1 fully saturated rings. The maximum atomic E-state index is 12.7. The van der Waals surface area contributed by atoms with Crippen LogP contribution < -0.4 is 16.0 Å². The molecule has 0 aromatic carbocycles. The van der Waals surface area contributed by atoms with E-state index in [0.717, 1.165) is 30.0 Å². The van der Waals surface area contributed by atoms with Gasteiger partial charge in [0, 0.05) is 61.6 Å². The molecule has 166 valence electrons. The summed E-state index contributed by atoms with van der Waals surface area (Å²) in [6.07, 6.45) is 8.39. The third-order valence-electron chi connectivity index (χ3n) is 5.48. The highest BCUT2D eigenvalue weighted by Gasteiger charge is 2.34. The topological polar surface area (TPSA) is 124 Å². The van der Waals surface area contributed by atoms with E-state index in [1.54, 1.807) is 23.1 Å². The fourth-order valence-corrected chi connectivity index (χ4v) is 3.98. The Morgan fingerprint density at radius 3 is 2.78 bits per heavy atom. The molecule has 4 N–H and O–H groups in total. The van der Waals surface area contributed by atoms with Crippen molar-refractivity contribution in [2.75, 3.05) is 30.8 Å². The van der Waals surface area contributed by atoms with Gasteiger partial charge in [0.15, 0.2) is 0 Å². The van der Waals surface area contributed by atoms with Gasteiger partial charge in [-0.15, -0.1) is 0 Å². The molecule has 2 atom stereocenters. The van der Waals surface area contributed by atoms with E-state index in [-0.39, 0.29) is 18.0 Å². The van der Waals surface area contributed by atoms with Crippen LogP contribution >= 0.6 is 0 Å². The van der Waals surface area contributed by atoms with Gasteiger partial charge in [-0.25, -0.2) is 9.78 Å². The first-order valence-corrected chi connectivity index (χ1v) is 10.4. The molecule has 1 aliphatic heterocycles. The van der Waals surface area contributed by atoms with E-state index in [1.165, 1.54) is 6.21 Å². The highest BCUT2D eigenvalue weighted by Crippen LogP contribution is 2.27. The number of nitrogens with zero attached hydrogens (tertiary/aromatic N) is 5. The van der Waals surface area contributed by atoms with Crippen LogP contribution in [0.5, 0.6) is 0 Å². The molecule has 0 bridgehead atoms. The summed E-state index contributed by atoms with van der Waals surface area (Å²) < 4.78 is 1.77. The number of nitrogens with one attached hydrogen (secondary N) is 4. The minimum absolute atomic E-state index is 0.0396. The largest absolute Gasteiger partial charge is 0.354 e.